The lowest BCUT2D eigenvalue weighted by atomic mass is 10.0. The Balaban J connectivity index is 1.78. The second kappa shape index (κ2) is 14.8. The van der Waals surface area contributed by atoms with E-state index in [2.05, 4.69) is 5.32 Å². The predicted octanol–water partition coefficient (Wildman–Crippen LogP) is 6.01. The summed E-state index contributed by atoms with van der Waals surface area (Å²) in [5.41, 5.74) is 3.05. The van der Waals surface area contributed by atoms with Crippen LogP contribution in [0.3, 0.4) is 0 Å². The van der Waals surface area contributed by atoms with E-state index in [9.17, 15) is 18.0 Å². The number of amides is 2. The predicted molar refractivity (Wildman–Crippen MR) is 171 cm³/mol. The first-order valence-corrected chi connectivity index (χ1v) is 16.0. The summed E-state index contributed by atoms with van der Waals surface area (Å²) in [6.07, 6.45) is 0.996. The van der Waals surface area contributed by atoms with Crippen molar-refractivity contribution in [3.63, 3.8) is 0 Å². The number of halogens is 1. The number of carbonyl (C=O) groups is 2. The Bertz CT molecular complexity index is 1600. The molecular formula is C34H36ClN3O4S. The Morgan fingerprint density at radius 3 is 2.02 bits per heavy atom. The lowest BCUT2D eigenvalue weighted by Crippen LogP contribution is -2.53. The van der Waals surface area contributed by atoms with Crippen LogP contribution in [-0.4, -0.2) is 44.3 Å². The van der Waals surface area contributed by atoms with Crippen LogP contribution in [0.25, 0.3) is 0 Å². The molecule has 1 atom stereocenters. The van der Waals surface area contributed by atoms with E-state index in [1.54, 1.807) is 42.5 Å². The van der Waals surface area contributed by atoms with Crippen molar-refractivity contribution in [2.45, 2.75) is 44.2 Å². The first-order chi connectivity index (χ1) is 20.7. The molecule has 0 radical (unpaired) electrons. The number of nitrogens with zero attached hydrogens (tertiary/aromatic N) is 2. The minimum atomic E-state index is -4.15. The second-order valence-corrected chi connectivity index (χ2v) is 12.6. The monoisotopic (exact) mass is 617 g/mol. The molecule has 7 nitrogen and oxygen atoms in total. The highest BCUT2D eigenvalue weighted by molar-refractivity contribution is 7.92. The molecular weight excluding hydrogens is 582 g/mol. The third-order valence-corrected chi connectivity index (χ3v) is 9.06. The molecule has 224 valence electrons. The third-order valence-electron chi connectivity index (χ3n) is 7.02. The molecule has 43 heavy (non-hydrogen) atoms. The molecule has 1 unspecified atom stereocenters. The first kappa shape index (κ1) is 31.8. The SMILES string of the molecule is CCCNC(=O)C(Cc1ccccc1)N(Cc1ccc(C)cc1)C(=O)CN(c1ccc(Cl)cc1)S(=O)(=O)c1ccccc1. The second-order valence-electron chi connectivity index (χ2n) is 10.3. The summed E-state index contributed by atoms with van der Waals surface area (Å²) in [5, 5.41) is 3.38. The summed E-state index contributed by atoms with van der Waals surface area (Å²) in [4.78, 5) is 29.6. The van der Waals surface area contributed by atoms with Crippen LogP contribution in [0.4, 0.5) is 5.69 Å². The number of nitrogens with one attached hydrogen (secondary N) is 1. The van der Waals surface area contributed by atoms with Crippen molar-refractivity contribution in [2.75, 3.05) is 17.4 Å². The number of rotatable bonds is 13. The third kappa shape index (κ3) is 8.46. The van der Waals surface area contributed by atoms with E-state index in [0.29, 0.717) is 11.6 Å². The average Bonchev–Trinajstić information content (AvgIpc) is 3.02. The summed E-state index contributed by atoms with van der Waals surface area (Å²) in [7, 11) is -4.15. The lowest BCUT2D eigenvalue weighted by molar-refractivity contribution is -0.140. The maximum absolute atomic E-state index is 14.4. The highest BCUT2D eigenvalue weighted by Gasteiger charge is 2.34. The van der Waals surface area contributed by atoms with Crippen molar-refractivity contribution >= 4 is 39.1 Å². The molecule has 0 aliphatic carbocycles. The molecule has 4 aromatic rings. The van der Waals surface area contributed by atoms with E-state index < -0.39 is 28.5 Å². The van der Waals surface area contributed by atoms with Crippen molar-refractivity contribution in [1.82, 2.24) is 10.2 Å². The minimum Gasteiger partial charge on any atom is -0.354 e. The van der Waals surface area contributed by atoms with Crippen LogP contribution in [0.1, 0.15) is 30.0 Å². The van der Waals surface area contributed by atoms with E-state index in [1.807, 2.05) is 68.4 Å². The topological polar surface area (TPSA) is 86.8 Å². The summed E-state index contributed by atoms with van der Waals surface area (Å²) in [6, 6.07) is 30.6. The number of sulfonamides is 1. The molecule has 0 bridgehead atoms. The van der Waals surface area contributed by atoms with Gasteiger partial charge in [-0.15, -0.1) is 0 Å². The van der Waals surface area contributed by atoms with Crippen LogP contribution in [0, 0.1) is 6.92 Å². The van der Waals surface area contributed by atoms with Crippen LogP contribution >= 0.6 is 11.6 Å². The molecule has 2 amide bonds. The van der Waals surface area contributed by atoms with Crippen molar-refractivity contribution in [3.05, 3.63) is 131 Å². The highest BCUT2D eigenvalue weighted by Crippen LogP contribution is 2.26. The van der Waals surface area contributed by atoms with Gasteiger partial charge in [-0.05, 0) is 60.9 Å². The molecule has 9 heteroatoms. The molecule has 0 heterocycles. The molecule has 0 saturated carbocycles. The number of hydrogen-bond acceptors (Lipinski definition) is 4. The fourth-order valence-electron chi connectivity index (χ4n) is 4.67. The maximum atomic E-state index is 14.4. The van der Waals surface area contributed by atoms with E-state index in [4.69, 9.17) is 11.6 Å². The summed E-state index contributed by atoms with van der Waals surface area (Å²) in [5.74, 6) is -0.808. The van der Waals surface area contributed by atoms with Crippen LogP contribution in [-0.2, 0) is 32.6 Å². The Labute approximate surface area is 259 Å². The number of hydrogen-bond donors (Lipinski definition) is 1. The van der Waals surface area contributed by atoms with Gasteiger partial charge in [-0.1, -0.05) is 96.9 Å². The van der Waals surface area contributed by atoms with Gasteiger partial charge < -0.3 is 10.2 Å². The summed E-state index contributed by atoms with van der Waals surface area (Å²) >= 11 is 6.11. The summed E-state index contributed by atoms with van der Waals surface area (Å²) < 4.78 is 29.0. The highest BCUT2D eigenvalue weighted by atomic mass is 35.5. The van der Waals surface area contributed by atoms with Gasteiger partial charge in [0.25, 0.3) is 10.0 Å². The normalized spacial score (nSPS) is 11.9. The minimum absolute atomic E-state index is 0.0457. The van der Waals surface area contributed by atoms with Crippen LogP contribution in [0.2, 0.25) is 5.02 Å². The van der Waals surface area contributed by atoms with Gasteiger partial charge in [0.05, 0.1) is 10.6 Å². The number of aryl methyl sites for hydroxylation is 1. The zero-order chi connectivity index (χ0) is 30.8. The van der Waals surface area contributed by atoms with E-state index in [0.717, 1.165) is 27.4 Å². The van der Waals surface area contributed by atoms with Gasteiger partial charge in [0.1, 0.15) is 12.6 Å². The molecule has 0 fully saturated rings. The van der Waals surface area contributed by atoms with Gasteiger partial charge in [-0.25, -0.2) is 8.42 Å². The van der Waals surface area contributed by atoms with Gasteiger partial charge in [-0.3, -0.25) is 13.9 Å². The van der Waals surface area contributed by atoms with Gasteiger partial charge in [0.15, 0.2) is 0 Å². The smallest absolute Gasteiger partial charge is 0.264 e. The van der Waals surface area contributed by atoms with Crippen molar-refractivity contribution < 1.29 is 18.0 Å². The Morgan fingerprint density at radius 2 is 1.42 bits per heavy atom. The van der Waals surface area contributed by atoms with Crippen molar-refractivity contribution in [1.29, 1.82) is 0 Å². The van der Waals surface area contributed by atoms with Crippen LogP contribution in [0.5, 0.6) is 0 Å². The van der Waals surface area contributed by atoms with E-state index in [-0.39, 0.29) is 29.5 Å². The molecule has 1 N–H and O–H groups in total. The van der Waals surface area contributed by atoms with Crippen molar-refractivity contribution in [3.8, 4) is 0 Å². The number of anilines is 1. The number of carbonyl (C=O) groups excluding carboxylic acids is 2. The van der Waals surface area contributed by atoms with Gasteiger partial charge in [0.2, 0.25) is 11.8 Å². The lowest BCUT2D eigenvalue weighted by Gasteiger charge is -2.34. The Hall–Kier alpha value is -4.14. The molecule has 0 aromatic heterocycles. The fourth-order valence-corrected chi connectivity index (χ4v) is 6.23. The first-order valence-electron chi connectivity index (χ1n) is 14.2. The quantitative estimate of drug-likeness (QED) is 0.199. The molecule has 4 aromatic carbocycles. The largest absolute Gasteiger partial charge is 0.354 e. The van der Waals surface area contributed by atoms with Crippen LogP contribution < -0.4 is 9.62 Å². The Kier molecular flexibility index (Phi) is 11.0. The molecule has 0 aliphatic rings. The zero-order valence-corrected chi connectivity index (χ0v) is 25.9. The van der Waals surface area contributed by atoms with Crippen molar-refractivity contribution in [2.24, 2.45) is 0 Å². The average molecular weight is 618 g/mol. The maximum Gasteiger partial charge on any atom is 0.264 e. The fraction of sp³-hybridized carbons (Fsp3) is 0.235. The molecule has 4 rings (SSSR count). The zero-order valence-electron chi connectivity index (χ0n) is 24.3. The van der Waals surface area contributed by atoms with Gasteiger partial charge >= 0.3 is 0 Å². The molecule has 0 aliphatic heterocycles. The molecule has 0 spiro atoms. The number of benzene rings is 4. The van der Waals surface area contributed by atoms with Gasteiger partial charge in [0, 0.05) is 24.5 Å². The van der Waals surface area contributed by atoms with E-state index >= 15 is 0 Å². The van der Waals surface area contributed by atoms with E-state index in [1.165, 1.54) is 17.0 Å². The van der Waals surface area contributed by atoms with Crippen LogP contribution in [0.15, 0.2) is 114 Å². The standard InChI is InChI=1S/C34H36ClN3O4S/c1-3-22-36-34(40)32(23-27-10-6-4-7-11-27)37(24-28-16-14-26(2)15-17-28)33(39)25-38(30-20-18-29(35)19-21-30)43(41,42)31-12-8-5-9-13-31/h4-21,32H,3,22-25H2,1-2H3,(H,36,40). The molecule has 0 saturated heterocycles. The Morgan fingerprint density at radius 1 is 0.814 bits per heavy atom. The summed E-state index contributed by atoms with van der Waals surface area (Å²) in [6.45, 7) is 3.99. The van der Waals surface area contributed by atoms with Gasteiger partial charge in [-0.2, -0.15) is 0 Å².